The van der Waals surface area contributed by atoms with E-state index in [-0.39, 0.29) is 17.2 Å². The molecule has 100 valence electrons. The Morgan fingerprint density at radius 3 is 2.95 bits per heavy atom. The van der Waals surface area contributed by atoms with Crippen LogP contribution >= 0.6 is 11.8 Å². The average Bonchev–Trinajstić information content (AvgIpc) is 2.41. The highest BCUT2D eigenvalue weighted by molar-refractivity contribution is 7.98. The van der Waals surface area contributed by atoms with Crippen LogP contribution in [0.3, 0.4) is 0 Å². The molecule has 0 radical (unpaired) electrons. The molecular formula is C11H12N4O3S. The van der Waals surface area contributed by atoms with E-state index >= 15 is 0 Å². The number of aromatic nitrogens is 3. The Bertz CT molecular complexity index is 658. The first-order chi connectivity index (χ1) is 9.09. The van der Waals surface area contributed by atoms with Crippen LogP contribution in [0.25, 0.3) is 10.9 Å². The standard InChI is InChI=1S/C11H12N4O3S/c12-8(11(17)18)5-19-6-15-10(16)7-3-1-2-4-9(7)13-14-15/h1-4,8H,5-6,12H2,(H,17,18). The minimum Gasteiger partial charge on any atom is -0.480 e. The molecule has 0 bridgehead atoms. The first-order valence-electron chi connectivity index (χ1n) is 5.48. The third kappa shape index (κ3) is 3.09. The summed E-state index contributed by atoms with van der Waals surface area (Å²) in [6, 6.07) is 5.97. The lowest BCUT2D eigenvalue weighted by Crippen LogP contribution is -2.33. The Morgan fingerprint density at radius 1 is 1.47 bits per heavy atom. The Labute approximate surface area is 112 Å². The van der Waals surface area contributed by atoms with Crippen molar-refractivity contribution < 1.29 is 9.90 Å². The summed E-state index contributed by atoms with van der Waals surface area (Å²) >= 11 is 1.22. The fraction of sp³-hybridized carbons (Fsp3) is 0.273. The molecule has 0 spiro atoms. The van der Waals surface area contributed by atoms with Gasteiger partial charge >= 0.3 is 5.97 Å². The lowest BCUT2D eigenvalue weighted by Gasteiger charge is -2.07. The monoisotopic (exact) mass is 280 g/mol. The van der Waals surface area contributed by atoms with Gasteiger partial charge in [-0.1, -0.05) is 17.3 Å². The van der Waals surface area contributed by atoms with Crippen LogP contribution in [0.5, 0.6) is 0 Å². The fourth-order valence-corrected chi connectivity index (χ4v) is 2.29. The Hall–Kier alpha value is -1.93. The van der Waals surface area contributed by atoms with E-state index in [0.717, 1.165) is 0 Å². The van der Waals surface area contributed by atoms with Gasteiger partial charge in [0.1, 0.15) is 11.6 Å². The zero-order valence-electron chi connectivity index (χ0n) is 9.89. The topological polar surface area (TPSA) is 111 Å². The zero-order valence-corrected chi connectivity index (χ0v) is 10.7. The summed E-state index contributed by atoms with van der Waals surface area (Å²) in [6.07, 6.45) is 0. The van der Waals surface area contributed by atoms with E-state index in [1.807, 2.05) is 0 Å². The van der Waals surface area contributed by atoms with Crippen molar-refractivity contribution in [2.45, 2.75) is 11.9 Å². The molecule has 1 aromatic carbocycles. The number of thioether (sulfide) groups is 1. The predicted octanol–water partition coefficient (Wildman–Crippen LogP) is -0.106. The zero-order chi connectivity index (χ0) is 13.8. The summed E-state index contributed by atoms with van der Waals surface area (Å²) in [6.45, 7) is 0. The number of carbonyl (C=O) groups is 1. The maximum absolute atomic E-state index is 12.0. The Balaban J connectivity index is 2.11. The van der Waals surface area contributed by atoms with E-state index < -0.39 is 12.0 Å². The van der Waals surface area contributed by atoms with Gasteiger partial charge in [-0.15, -0.1) is 16.9 Å². The highest BCUT2D eigenvalue weighted by Gasteiger charge is 2.11. The van der Waals surface area contributed by atoms with Crippen LogP contribution in [0.1, 0.15) is 0 Å². The van der Waals surface area contributed by atoms with Crippen LogP contribution in [-0.4, -0.2) is 37.9 Å². The van der Waals surface area contributed by atoms with Gasteiger partial charge in [0.25, 0.3) is 5.56 Å². The lowest BCUT2D eigenvalue weighted by molar-refractivity contribution is -0.137. The number of carboxylic acid groups (broad SMARTS) is 1. The number of carboxylic acids is 1. The Morgan fingerprint density at radius 2 is 2.21 bits per heavy atom. The van der Waals surface area contributed by atoms with Crippen molar-refractivity contribution in [1.29, 1.82) is 0 Å². The van der Waals surface area contributed by atoms with Crippen molar-refractivity contribution in [3.05, 3.63) is 34.6 Å². The fourth-order valence-electron chi connectivity index (χ4n) is 1.45. The number of nitrogens with zero attached hydrogens (tertiary/aromatic N) is 3. The van der Waals surface area contributed by atoms with Crippen molar-refractivity contribution in [2.75, 3.05) is 5.75 Å². The van der Waals surface area contributed by atoms with Gasteiger partial charge < -0.3 is 10.8 Å². The van der Waals surface area contributed by atoms with E-state index in [9.17, 15) is 9.59 Å². The highest BCUT2D eigenvalue weighted by atomic mass is 32.2. The summed E-state index contributed by atoms with van der Waals surface area (Å²) in [5.41, 5.74) is 5.66. The molecule has 1 aromatic heterocycles. The SMILES string of the molecule is NC(CSCn1nnc2ccccc2c1=O)C(=O)O. The van der Waals surface area contributed by atoms with E-state index in [0.29, 0.717) is 10.9 Å². The number of rotatable bonds is 5. The number of hydrogen-bond donors (Lipinski definition) is 2. The van der Waals surface area contributed by atoms with Crippen LogP contribution in [0.2, 0.25) is 0 Å². The molecule has 2 aromatic rings. The van der Waals surface area contributed by atoms with Crippen LogP contribution in [-0.2, 0) is 10.7 Å². The molecule has 19 heavy (non-hydrogen) atoms. The van der Waals surface area contributed by atoms with Gasteiger partial charge in [-0.3, -0.25) is 9.59 Å². The van der Waals surface area contributed by atoms with Crippen molar-refractivity contribution in [3.63, 3.8) is 0 Å². The molecule has 2 rings (SSSR count). The summed E-state index contributed by atoms with van der Waals surface area (Å²) in [5, 5.41) is 16.8. The number of hydrogen-bond acceptors (Lipinski definition) is 6. The number of nitrogens with two attached hydrogens (primary N) is 1. The predicted molar refractivity (Wildman–Crippen MR) is 71.9 cm³/mol. The minimum atomic E-state index is -1.07. The Kier molecular flexibility index (Phi) is 4.13. The molecule has 3 N–H and O–H groups in total. The first kappa shape index (κ1) is 13.5. The quantitative estimate of drug-likeness (QED) is 0.786. The van der Waals surface area contributed by atoms with E-state index in [1.165, 1.54) is 16.4 Å². The molecule has 0 saturated carbocycles. The molecular weight excluding hydrogens is 268 g/mol. The smallest absolute Gasteiger partial charge is 0.321 e. The third-order valence-electron chi connectivity index (χ3n) is 2.46. The largest absolute Gasteiger partial charge is 0.480 e. The summed E-state index contributed by atoms with van der Waals surface area (Å²) in [4.78, 5) is 22.6. The third-order valence-corrected chi connectivity index (χ3v) is 3.48. The summed E-state index contributed by atoms with van der Waals surface area (Å²) < 4.78 is 1.20. The van der Waals surface area contributed by atoms with Gasteiger partial charge in [0.15, 0.2) is 0 Å². The highest BCUT2D eigenvalue weighted by Crippen LogP contribution is 2.07. The van der Waals surface area contributed by atoms with E-state index in [1.54, 1.807) is 24.3 Å². The molecule has 1 unspecified atom stereocenters. The van der Waals surface area contributed by atoms with E-state index in [2.05, 4.69) is 10.3 Å². The van der Waals surface area contributed by atoms with Crippen molar-refractivity contribution in [1.82, 2.24) is 15.0 Å². The van der Waals surface area contributed by atoms with Crippen LogP contribution in [0, 0.1) is 0 Å². The number of aliphatic carboxylic acids is 1. The second-order valence-corrected chi connectivity index (χ2v) is 4.86. The molecule has 1 atom stereocenters. The van der Waals surface area contributed by atoms with Crippen LogP contribution in [0.4, 0.5) is 0 Å². The van der Waals surface area contributed by atoms with Crippen LogP contribution in [0.15, 0.2) is 29.1 Å². The normalized spacial score (nSPS) is 12.5. The maximum Gasteiger partial charge on any atom is 0.321 e. The molecule has 0 aliphatic rings. The maximum atomic E-state index is 12.0. The van der Waals surface area contributed by atoms with Crippen molar-refractivity contribution >= 4 is 28.6 Å². The van der Waals surface area contributed by atoms with Crippen molar-refractivity contribution in [2.24, 2.45) is 5.73 Å². The molecule has 0 fully saturated rings. The van der Waals surface area contributed by atoms with Gasteiger partial charge in [0.05, 0.1) is 11.3 Å². The summed E-state index contributed by atoms with van der Waals surface area (Å²) in [7, 11) is 0. The van der Waals surface area contributed by atoms with Crippen LogP contribution < -0.4 is 11.3 Å². The molecule has 7 nitrogen and oxygen atoms in total. The van der Waals surface area contributed by atoms with Gasteiger partial charge in [0.2, 0.25) is 0 Å². The molecule has 1 heterocycles. The number of benzene rings is 1. The second kappa shape index (κ2) is 5.81. The summed E-state index contributed by atoms with van der Waals surface area (Å²) in [5.74, 6) is -0.641. The average molecular weight is 280 g/mol. The molecule has 0 aliphatic carbocycles. The van der Waals surface area contributed by atoms with Gasteiger partial charge in [-0.25, -0.2) is 4.68 Å². The molecule has 0 saturated heterocycles. The van der Waals surface area contributed by atoms with Gasteiger partial charge in [-0.05, 0) is 12.1 Å². The van der Waals surface area contributed by atoms with Gasteiger partial charge in [-0.2, -0.15) is 0 Å². The van der Waals surface area contributed by atoms with Crippen molar-refractivity contribution in [3.8, 4) is 0 Å². The second-order valence-electron chi connectivity index (χ2n) is 3.86. The van der Waals surface area contributed by atoms with Gasteiger partial charge in [0, 0.05) is 5.75 Å². The molecule has 8 heteroatoms. The number of fused-ring (bicyclic) bond motifs is 1. The first-order valence-corrected chi connectivity index (χ1v) is 6.63. The molecule has 0 amide bonds. The lowest BCUT2D eigenvalue weighted by atomic mass is 10.2. The molecule has 0 aliphatic heterocycles. The minimum absolute atomic E-state index is 0.205. The van der Waals surface area contributed by atoms with E-state index in [4.69, 9.17) is 10.8 Å².